The summed E-state index contributed by atoms with van der Waals surface area (Å²) in [5, 5.41) is 0. The first-order valence-electron chi connectivity index (χ1n) is 3.63. The van der Waals surface area contributed by atoms with Gasteiger partial charge in [0, 0.05) is 6.08 Å². The molecule has 0 atom stereocenters. The topological polar surface area (TPSA) is 223 Å². The van der Waals surface area contributed by atoms with Gasteiger partial charge in [0.1, 0.15) is 0 Å². The zero-order valence-corrected chi connectivity index (χ0v) is 11.5. The fourth-order valence-electron chi connectivity index (χ4n) is 0.271. The van der Waals surface area contributed by atoms with E-state index in [-0.39, 0.29) is 18.3 Å². The number of carbonyl (C=O) groups is 1. The molecule has 0 aromatic rings. The van der Waals surface area contributed by atoms with Gasteiger partial charge in [-0.3, -0.25) is 9.11 Å². The number of hydrogen-bond acceptors (Lipinski definition) is 10. The summed E-state index contributed by atoms with van der Waals surface area (Å²) < 4.78 is 63.3. The van der Waals surface area contributed by atoms with Crippen LogP contribution in [0.15, 0.2) is 12.7 Å². The Kier molecular flexibility index (Phi) is 16.6. The smallest absolute Gasteiger partial charge is 0.425 e. The second-order valence-electron chi connectivity index (χ2n) is 1.95. The van der Waals surface area contributed by atoms with Crippen LogP contribution in [-0.2, 0) is 39.0 Å². The lowest BCUT2D eigenvalue weighted by atomic mass is 10.6. The summed E-state index contributed by atoms with van der Waals surface area (Å²) in [6.45, 7) is 5.38. The first-order valence-corrected chi connectivity index (χ1v) is 6.36. The highest BCUT2D eigenvalue weighted by Gasteiger charge is 2.13. The molecule has 0 aliphatic heterocycles. The zero-order chi connectivity index (χ0) is 14.1. The molecule has 8 N–H and O–H groups in total. The lowest BCUT2D eigenvalue weighted by molar-refractivity contribution is -0.137. The molecule has 0 aliphatic rings. The maximum Gasteiger partial charge on any atom is 0.425 e. The highest BCUT2D eigenvalue weighted by Crippen LogP contribution is 1.92. The average Bonchev–Trinajstić information content (AvgIpc) is 2.14. The molecule has 0 saturated heterocycles. The number of esters is 1. The van der Waals surface area contributed by atoms with Crippen molar-refractivity contribution in [2.75, 3.05) is 6.61 Å². The van der Waals surface area contributed by atoms with Crippen LogP contribution in [0.5, 0.6) is 0 Å². The molecule has 0 amide bonds. The van der Waals surface area contributed by atoms with E-state index in [0.717, 1.165) is 6.08 Å². The van der Waals surface area contributed by atoms with Crippen molar-refractivity contribution < 1.29 is 44.1 Å². The molecule has 0 fully saturated rings. The molecular weight excluding hydrogens is 312 g/mol. The van der Waals surface area contributed by atoms with Gasteiger partial charge in [0.05, 0.1) is 6.61 Å². The predicted octanol–water partition coefficient (Wildman–Crippen LogP) is -0.400. The maximum atomic E-state index is 10.1. The molecule has 0 radical (unpaired) electrons. The fourth-order valence-corrected chi connectivity index (χ4v) is 0.833. The molecule has 0 unspecified atom stereocenters. The Hall–Kier alpha value is -1.13. The molecule has 0 aromatic heterocycles. The van der Waals surface area contributed by atoms with E-state index in [1.165, 1.54) is 0 Å². The van der Waals surface area contributed by atoms with E-state index in [1.807, 2.05) is 0 Å². The van der Waals surface area contributed by atoms with Crippen molar-refractivity contribution in [1.82, 2.24) is 12.3 Å². The Morgan fingerprint density at radius 3 is 1.53 bits per heavy atom. The van der Waals surface area contributed by atoms with Crippen LogP contribution in [0.3, 0.4) is 0 Å². The van der Waals surface area contributed by atoms with Crippen molar-refractivity contribution in [3.8, 4) is 0 Å². The van der Waals surface area contributed by atoms with E-state index in [0.29, 0.717) is 6.61 Å². The molecule has 0 bridgehead atoms. The zero-order valence-electron chi connectivity index (χ0n) is 9.88. The Balaban J connectivity index is -0.000000112. The van der Waals surface area contributed by atoms with Crippen LogP contribution in [-0.4, -0.2) is 38.5 Å². The van der Waals surface area contributed by atoms with Crippen LogP contribution in [0.2, 0.25) is 0 Å². The van der Waals surface area contributed by atoms with Gasteiger partial charge in [-0.05, 0) is 6.92 Å². The summed E-state index contributed by atoms with van der Waals surface area (Å²) in [4.78, 5) is 10.1. The highest BCUT2D eigenvalue weighted by molar-refractivity contribution is 7.83. The van der Waals surface area contributed by atoms with E-state index >= 15 is 0 Å². The standard InChI is InChI=1S/C5H8O2.2H3N.H2O8S2/c1-3-5(6)7-4-2;;;1-9(2,3)7-8-10(4,5)6/h3H,1,4H2,2H3;2*1H3;(H,1,2,3)(H,4,5,6). The van der Waals surface area contributed by atoms with Gasteiger partial charge in [-0.25, -0.2) is 4.79 Å². The molecule has 12 nitrogen and oxygen atoms in total. The van der Waals surface area contributed by atoms with Gasteiger partial charge in [-0.2, -0.15) is 16.8 Å². The first kappa shape index (κ1) is 26.4. The summed E-state index contributed by atoms with van der Waals surface area (Å²) in [5.41, 5.74) is 0. The van der Waals surface area contributed by atoms with E-state index in [4.69, 9.17) is 9.11 Å². The minimum Gasteiger partial charge on any atom is -0.463 e. The van der Waals surface area contributed by atoms with Crippen LogP contribution in [0.4, 0.5) is 0 Å². The normalized spacial score (nSPS) is 9.84. The summed E-state index contributed by atoms with van der Waals surface area (Å²) in [5.74, 6) is -0.359. The predicted molar refractivity (Wildman–Crippen MR) is 62.1 cm³/mol. The molecule has 0 saturated carbocycles. The van der Waals surface area contributed by atoms with Gasteiger partial charge in [-0.1, -0.05) is 15.2 Å². The van der Waals surface area contributed by atoms with Crippen LogP contribution in [0, 0.1) is 0 Å². The SMILES string of the molecule is C=CC(=O)OCC.N.N.O=S(=O)(O)OOS(=O)(=O)O. The maximum absolute atomic E-state index is 10.1. The van der Waals surface area contributed by atoms with Gasteiger partial charge in [0.25, 0.3) is 0 Å². The van der Waals surface area contributed by atoms with Gasteiger partial charge < -0.3 is 17.0 Å². The van der Waals surface area contributed by atoms with Crippen molar-refractivity contribution in [3.63, 3.8) is 0 Å². The van der Waals surface area contributed by atoms with E-state index in [1.54, 1.807) is 6.92 Å². The summed E-state index contributed by atoms with van der Waals surface area (Å²) in [6.07, 6.45) is 1.14. The van der Waals surface area contributed by atoms with Crippen LogP contribution in [0.25, 0.3) is 0 Å². The number of carbonyl (C=O) groups excluding carboxylic acids is 1. The van der Waals surface area contributed by atoms with Gasteiger partial charge in [0.15, 0.2) is 0 Å². The lowest BCUT2D eigenvalue weighted by Gasteiger charge is -1.92. The van der Waals surface area contributed by atoms with Crippen molar-refractivity contribution in [2.24, 2.45) is 0 Å². The van der Waals surface area contributed by atoms with Crippen molar-refractivity contribution >= 4 is 26.8 Å². The van der Waals surface area contributed by atoms with E-state index < -0.39 is 20.8 Å². The number of ether oxygens (including phenoxy) is 1. The first-order chi connectivity index (χ1) is 7.52. The van der Waals surface area contributed by atoms with Crippen LogP contribution in [0.1, 0.15) is 6.92 Å². The third-order valence-electron chi connectivity index (χ3n) is 0.653. The molecule has 0 heterocycles. The molecule has 0 aliphatic carbocycles. The van der Waals surface area contributed by atoms with Crippen molar-refractivity contribution in [2.45, 2.75) is 6.92 Å². The molecule has 118 valence electrons. The van der Waals surface area contributed by atoms with Gasteiger partial charge >= 0.3 is 26.8 Å². The number of hydrogen-bond donors (Lipinski definition) is 4. The van der Waals surface area contributed by atoms with Crippen molar-refractivity contribution in [1.29, 1.82) is 0 Å². The monoisotopic (exact) mass is 328 g/mol. The summed E-state index contributed by atoms with van der Waals surface area (Å²) in [6, 6.07) is 0. The largest absolute Gasteiger partial charge is 0.463 e. The average molecular weight is 328 g/mol. The third kappa shape index (κ3) is 31.6. The Morgan fingerprint density at radius 1 is 1.11 bits per heavy atom. The van der Waals surface area contributed by atoms with E-state index in [2.05, 4.69) is 20.0 Å². The second-order valence-corrected chi connectivity index (χ2v) is 3.93. The molecule has 19 heavy (non-hydrogen) atoms. The highest BCUT2D eigenvalue weighted by atomic mass is 32.3. The Morgan fingerprint density at radius 2 is 1.42 bits per heavy atom. The van der Waals surface area contributed by atoms with E-state index in [9.17, 15) is 21.6 Å². The minimum atomic E-state index is -5.02. The lowest BCUT2D eigenvalue weighted by Crippen LogP contribution is -2.10. The molecule has 0 rings (SSSR count). The molecular formula is C5H16N2O10S2. The summed E-state index contributed by atoms with van der Waals surface area (Å²) in [7, 11) is -10.0. The fraction of sp³-hybridized carbons (Fsp3) is 0.400. The molecule has 0 aromatic carbocycles. The Bertz CT molecular complexity index is 409. The van der Waals surface area contributed by atoms with Crippen LogP contribution < -0.4 is 12.3 Å². The molecule has 0 spiro atoms. The number of rotatable bonds is 5. The quantitative estimate of drug-likeness (QED) is 0.166. The van der Waals surface area contributed by atoms with Crippen LogP contribution >= 0.6 is 0 Å². The van der Waals surface area contributed by atoms with Gasteiger partial charge in [0.2, 0.25) is 0 Å². The van der Waals surface area contributed by atoms with Crippen molar-refractivity contribution in [3.05, 3.63) is 12.7 Å². The minimum absolute atomic E-state index is 0. The Labute approximate surface area is 110 Å². The van der Waals surface area contributed by atoms with Gasteiger partial charge in [-0.15, -0.1) is 0 Å². The second kappa shape index (κ2) is 11.9. The summed E-state index contributed by atoms with van der Waals surface area (Å²) >= 11 is 0. The third-order valence-corrected chi connectivity index (χ3v) is 1.22. The molecule has 14 heteroatoms.